The Morgan fingerprint density at radius 1 is 1.16 bits per heavy atom. The number of rotatable bonds is 6. The minimum Gasteiger partial charge on any atom is -0.495 e. The number of nitrogens with zero attached hydrogens (tertiary/aromatic N) is 4. The minimum absolute atomic E-state index is 0.0800. The number of ether oxygens (including phenoxy) is 1. The number of benzene rings is 1. The van der Waals surface area contributed by atoms with Gasteiger partial charge in [-0.2, -0.15) is 4.98 Å². The lowest BCUT2D eigenvalue weighted by molar-refractivity contribution is -0.134. The summed E-state index contributed by atoms with van der Waals surface area (Å²) in [7, 11) is 3.26. The first kappa shape index (κ1) is 21.2. The Balaban J connectivity index is 1.44. The first-order valence-electron chi connectivity index (χ1n) is 10.2. The van der Waals surface area contributed by atoms with Crippen molar-refractivity contribution in [2.75, 3.05) is 51.0 Å². The molecule has 164 valence electrons. The molecule has 1 aliphatic heterocycles. The quantitative estimate of drug-likeness (QED) is 0.706. The fourth-order valence-electron chi connectivity index (χ4n) is 3.55. The summed E-state index contributed by atoms with van der Waals surface area (Å²) in [6.07, 6.45) is 3.49. The Bertz CT molecular complexity index is 989. The third-order valence-electron chi connectivity index (χ3n) is 5.48. The fourth-order valence-corrected chi connectivity index (χ4v) is 3.74. The summed E-state index contributed by atoms with van der Waals surface area (Å²) in [6.45, 7) is 2.23. The van der Waals surface area contributed by atoms with Gasteiger partial charge in [-0.25, -0.2) is 4.98 Å². The maximum atomic E-state index is 13.0. The number of nitrogens with one attached hydrogen (secondary N) is 2. The number of aromatic nitrogens is 2. The molecule has 0 radical (unpaired) electrons. The van der Waals surface area contributed by atoms with Crippen LogP contribution in [-0.2, 0) is 4.79 Å². The molecular formula is C21H25ClN6O3. The zero-order valence-corrected chi connectivity index (χ0v) is 18.3. The molecule has 0 spiro atoms. The number of methoxy groups -OCH3 is 1. The van der Waals surface area contributed by atoms with E-state index in [2.05, 4.69) is 20.6 Å². The van der Waals surface area contributed by atoms with Gasteiger partial charge < -0.3 is 25.2 Å². The smallest absolute Gasteiger partial charge is 0.254 e. The second kappa shape index (κ2) is 8.97. The number of amides is 2. The first-order chi connectivity index (χ1) is 15.0. The van der Waals surface area contributed by atoms with E-state index in [9.17, 15) is 9.59 Å². The van der Waals surface area contributed by atoms with Crippen molar-refractivity contribution in [2.24, 2.45) is 5.92 Å². The van der Waals surface area contributed by atoms with Crippen LogP contribution in [-0.4, -0.2) is 71.9 Å². The molecule has 2 N–H and O–H groups in total. The Morgan fingerprint density at radius 3 is 2.52 bits per heavy atom. The van der Waals surface area contributed by atoms with Crippen LogP contribution in [0.2, 0.25) is 5.02 Å². The van der Waals surface area contributed by atoms with Gasteiger partial charge in [0, 0.05) is 44.7 Å². The highest BCUT2D eigenvalue weighted by molar-refractivity contribution is 6.32. The van der Waals surface area contributed by atoms with Crippen molar-refractivity contribution in [3.05, 3.63) is 35.0 Å². The summed E-state index contributed by atoms with van der Waals surface area (Å²) in [5, 5.41) is 6.41. The lowest BCUT2D eigenvalue weighted by atomic mass is 10.1. The molecule has 2 fully saturated rings. The fraction of sp³-hybridized carbons (Fsp3) is 0.429. The summed E-state index contributed by atoms with van der Waals surface area (Å²) in [5.74, 6) is 1.71. The van der Waals surface area contributed by atoms with Crippen molar-refractivity contribution in [1.29, 1.82) is 0 Å². The van der Waals surface area contributed by atoms with Gasteiger partial charge in [-0.1, -0.05) is 11.6 Å². The molecule has 1 aromatic heterocycles. The molecule has 1 saturated carbocycles. The second-order valence-electron chi connectivity index (χ2n) is 7.57. The number of anilines is 3. The molecule has 2 heterocycles. The first-order valence-corrected chi connectivity index (χ1v) is 10.6. The van der Waals surface area contributed by atoms with Crippen molar-refractivity contribution in [3.63, 3.8) is 0 Å². The van der Waals surface area contributed by atoms with Gasteiger partial charge in [0.25, 0.3) is 5.91 Å². The second-order valence-corrected chi connectivity index (χ2v) is 7.98. The normalized spacial score (nSPS) is 16.1. The van der Waals surface area contributed by atoms with E-state index in [0.717, 1.165) is 12.8 Å². The van der Waals surface area contributed by atoms with E-state index in [-0.39, 0.29) is 17.7 Å². The SMILES string of the molecule is CNc1nc(Nc2ccc(C(=O)N3CCN(C(=O)C4CC4)CC3)cc2OC)ncc1Cl. The van der Waals surface area contributed by atoms with E-state index in [1.54, 1.807) is 37.3 Å². The van der Waals surface area contributed by atoms with Crippen LogP contribution in [0.5, 0.6) is 5.75 Å². The highest BCUT2D eigenvalue weighted by Gasteiger charge is 2.35. The molecule has 1 saturated heterocycles. The average Bonchev–Trinajstić information content (AvgIpc) is 3.65. The minimum atomic E-state index is -0.0800. The Kier molecular flexibility index (Phi) is 6.13. The van der Waals surface area contributed by atoms with E-state index in [4.69, 9.17) is 16.3 Å². The van der Waals surface area contributed by atoms with E-state index in [1.165, 1.54) is 6.20 Å². The van der Waals surface area contributed by atoms with Gasteiger partial charge in [0.15, 0.2) is 0 Å². The van der Waals surface area contributed by atoms with Gasteiger partial charge >= 0.3 is 0 Å². The molecule has 31 heavy (non-hydrogen) atoms. The zero-order chi connectivity index (χ0) is 22.0. The van der Waals surface area contributed by atoms with Crippen LogP contribution in [0.4, 0.5) is 17.5 Å². The number of piperazine rings is 1. The summed E-state index contributed by atoms with van der Waals surface area (Å²) < 4.78 is 5.47. The zero-order valence-electron chi connectivity index (χ0n) is 17.5. The summed E-state index contributed by atoms with van der Waals surface area (Å²) in [6, 6.07) is 5.20. The lowest BCUT2D eigenvalue weighted by Crippen LogP contribution is -2.51. The molecule has 0 atom stereocenters. The molecule has 0 bridgehead atoms. The van der Waals surface area contributed by atoms with Crippen LogP contribution in [0, 0.1) is 5.92 Å². The Morgan fingerprint density at radius 2 is 1.87 bits per heavy atom. The maximum absolute atomic E-state index is 13.0. The number of halogens is 1. The van der Waals surface area contributed by atoms with Crippen molar-refractivity contribution >= 4 is 40.9 Å². The molecule has 2 aromatic rings. The molecule has 1 aliphatic carbocycles. The Hall–Kier alpha value is -3.07. The van der Waals surface area contributed by atoms with Gasteiger partial charge in [-0.05, 0) is 31.0 Å². The molecular weight excluding hydrogens is 420 g/mol. The number of carbonyl (C=O) groups excluding carboxylic acids is 2. The summed E-state index contributed by atoms with van der Waals surface area (Å²) in [5.41, 5.74) is 1.15. The highest BCUT2D eigenvalue weighted by Crippen LogP contribution is 2.32. The van der Waals surface area contributed by atoms with E-state index < -0.39 is 0 Å². The third kappa shape index (κ3) is 4.66. The molecule has 9 nitrogen and oxygen atoms in total. The van der Waals surface area contributed by atoms with E-state index >= 15 is 0 Å². The maximum Gasteiger partial charge on any atom is 0.254 e. The van der Waals surface area contributed by atoms with Crippen LogP contribution >= 0.6 is 11.6 Å². The monoisotopic (exact) mass is 444 g/mol. The van der Waals surface area contributed by atoms with Crippen LogP contribution < -0.4 is 15.4 Å². The van der Waals surface area contributed by atoms with E-state index in [1.807, 2.05) is 4.90 Å². The van der Waals surface area contributed by atoms with Crippen molar-refractivity contribution < 1.29 is 14.3 Å². The van der Waals surface area contributed by atoms with Crippen LogP contribution in [0.15, 0.2) is 24.4 Å². The summed E-state index contributed by atoms with van der Waals surface area (Å²) in [4.78, 5) is 37.3. The Labute approximate surface area is 185 Å². The number of hydrogen-bond acceptors (Lipinski definition) is 7. The average molecular weight is 445 g/mol. The molecule has 1 aromatic carbocycles. The summed E-state index contributed by atoms with van der Waals surface area (Å²) >= 11 is 6.03. The molecule has 2 aliphatic rings. The van der Waals surface area contributed by atoms with E-state index in [0.29, 0.717) is 60.0 Å². The third-order valence-corrected chi connectivity index (χ3v) is 5.76. The predicted molar refractivity (Wildman–Crippen MR) is 118 cm³/mol. The number of hydrogen-bond donors (Lipinski definition) is 2. The molecule has 0 unspecified atom stereocenters. The molecule has 4 rings (SSSR count). The largest absolute Gasteiger partial charge is 0.495 e. The van der Waals surface area contributed by atoms with Crippen molar-refractivity contribution in [1.82, 2.24) is 19.8 Å². The van der Waals surface area contributed by atoms with Crippen LogP contribution in [0.1, 0.15) is 23.2 Å². The predicted octanol–water partition coefficient (Wildman–Crippen LogP) is 2.62. The molecule has 2 amide bonds. The standard InChI is InChI=1S/C21H25ClN6O3/c1-23-18-15(22)12-24-21(26-18)25-16-6-5-14(11-17(16)31-2)20(30)28-9-7-27(8-10-28)19(29)13-3-4-13/h5-6,11-13H,3-4,7-10H2,1-2H3,(H2,23,24,25,26). The highest BCUT2D eigenvalue weighted by atomic mass is 35.5. The van der Waals surface area contributed by atoms with Gasteiger partial charge in [-0.15, -0.1) is 0 Å². The number of carbonyl (C=O) groups is 2. The lowest BCUT2D eigenvalue weighted by Gasteiger charge is -2.35. The van der Waals surface area contributed by atoms with Crippen molar-refractivity contribution in [3.8, 4) is 5.75 Å². The van der Waals surface area contributed by atoms with Gasteiger partial charge in [0.1, 0.15) is 16.6 Å². The topological polar surface area (TPSA) is 99.7 Å². The van der Waals surface area contributed by atoms with Gasteiger partial charge in [0.2, 0.25) is 11.9 Å². The molecule has 10 heteroatoms. The van der Waals surface area contributed by atoms with Crippen LogP contribution in [0.3, 0.4) is 0 Å². The van der Waals surface area contributed by atoms with Gasteiger partial charge in [0.05, 0.1) is 19.0 Å². The van der Waals surface area contributed by atoms with Crippen molar-refractivity contribution in [2.45, 2.75) is 12.8 Å². The van der Waals surface area contributed by atoms with Crippen LogP contribution in [0.25, 0.3) is 0 Å². The van der Waals surface area contributed by atoms with Gasteiger partial charge in [-0.3, -0.25) is 9.59 Å².